The molecule has 0 atom stereocenters. The van der Waals surface area contributed by atoms with Crippen LogP contribution in [0.4, 0.5) is 10.1 Å². The molecule has 9 nitrogen and oxygen atoms in total. The number of nitrogens with one attached hydrogen (secondary N) is 1. The van der Waals surface area contributed by atoms with E-state index in [1.54, 1.807) is 18.2 Å². The number of aromatic hydroxyl groups is 1. The normalized spacial score (nSPS) is 11.3. The highest BCUT2D eigenvalue weighted by atomic mass is 32.2. The maximum absolute atomic E-state index is 15.2. The van der Waals surface area contributed by atoms with Crippen LogP contribution in [-0.4, -0.2) is 49.1 Å². The standard InChI is InChI=1S/C25H26FNO8S/c1-31-19-11-9-17(14-18(19)28)36(29,30)27-24-16(8-10-20(32-2)23(24)26)7-6-15-12-21(33-3)25(35-5)22(13-15)34-4/h6-14,27-28H,1-5H3. The molecule has 36 heavy (non-hydrogen) atoms. The molecule has 0 spiro atoms. The van der Waals surface area contributed by atoms with Gasteiger partial charge in [-0.2, -0.15) is 0 Å². The Kier molecular flexibility index (Phi) is 8.15. The monoisotopic (exact) mass is 519 g/mol. The van der Waals surface area contributed by atoms with Crippen LogP contribution < -0.4 is 28.4 Å². The van der Waals surface area contributed by atoms with Crippen LogP contribution in [0.2, 0.25) is 0 Å². The van der Waals surface area contributed by atoms with E-state index >= 15 is 4.39 Å². The summed E-state index contributed by atoms with van der Waals surface area (Å²) in [5.74, 6) is -0.121. The molecule has 0 aromatic heterocycles. The number of phenols is 1. The molecular formula is C25H26FNO8S. The molecule has 11 heteroatoms. The number of methoxy groups -OCH3 is 5. The lowest BCUT2D eigenvalue weighted by atomic mass is 10.1. The van der Waals surface area contributed by atoms with Crippen molar-refractivity contribution in [3.63, 3.8) is 0 Å². The second-order valence-electron chi connectivity index (χ2n) is 7.28. The van der Waals surface area contributed by atoms with Crippen molar-refractivity contribution in [3.05, 3.63) is 59.4 Å². The van der Waals surface area contributed by atoms with Gasteiger partial charge in [0.2, 0.25) is 5.75 Å². The summed E-state index contributed by atoms with van der Waals surface area (Å²) in [6.07, 6.45) is 3.15. The highest BCUT2D eigenvalue weighted by Crippen LogP contribution is 2.39. The third-order valence-corrected chi connectivity index (χ3v) is 6.55. The number of phenolic OH excluding ortho intramolecular Hbond substituents is 1. The first kappa shape index (κ1) is 26.5. The fourth-order valence-corrected chi connectivity index (χ4v) is 4.49. The summed E-state index contributed by atoms with van der Waals surface area (Å²) in [7, 11) is 2.75. The van der Waals surface area contributed by atoms with Gasteiger partial charge in [0.25, 0.3) is 10.0 Å². The number of benzene rings is 3. The lowest BCUT2D eigenvalue weighted by Gasteiger charge is -2.15. The third kappa shape index (κ3) is 5.41. The number of ether oxygens (including phenoxy) is 5. The van der Waals surface area contributed by atoms with Gasteiger partial charge in [-0.05, 0) is 42.0 Å². The first-order valence-corrected chi connectivity index (χ1v) is 11.9. The van der Waals surface area contributed by atoms with Crippen molar-refractivity contribution in [1.29, 1.82) is 0 Å². The van der Waals surface area contributed by atoms with Gasteiger partial charge in [-0.3, -0.25) is 4.72 Å². The minimum atomic E-state index is -4.30. The Morgan fingerprint density at radius 1 is 0.778 bits per heavy atom. The van der Waals surface area contributed by atoms with Crippen LogP contribution in [0.25, 0.3) is 12.2 Å². The van der Waals surface area contributed by atoms with Crippen molar-refractivity contribution < 1.29 is 41.6 Å². The Morgan fingerprint density at radius 3 is 1.89 bits per heavy atom. The fourth-order valence-electron chi connectivity index (χ4n) is 3.39. The van der Waals surface area contributed by atoms with Gasteiger partial charge in [-0.15, -0.1) is 0 Å². The average Bonchev–Trinajstić information content (AvgIpc) is 2.88. The number of rotatable bonds is 10. The SMILES string of the molecule is COc1ccc(S(=O)(=O)Nc2c(C=Cc3cc(OC)c(OC)c(OC)c3)ccc(OC)c2F)cc1O. The number of hydrogen-bond acceptors (Lipinski definition) is 8. The smallest absolute Gasteiger partial charge is 0.262 e. The molecule has 0 radical (unpaired) electrons. The fraction of sp³-hybridized carbons (Fsp3) is 0.200. The van der Waals surface area contributed by atoms with Gasteiger partial charge in [0.1, 0.15) is 0 Å². The first-order valence-electron chi connectivity index (χ1n) is 10.4. The van der Waals surface area contributed by atoms with Crippen molar-refractivity contribution >= 4 is 27.9 Å². The Morgan fingerprint density at radius 2 is 1.36 bits per heavy atom. The molecule has 0 aliphatic rings. The molecular weight excluding hydrogens is 493 g/mol. The molecule has 0 fully saturated rings. The maximum Gasteiger partial charge on any atom is 0.262 e. The van der Waals surface area contributed by atoms with Crippen molar-refractivity contribution in [3.8, 4) is 34.5 Å². The summed E-state index contributed by atoms with van der Waals surface area (Å²) in [5, 5.41) is 9.99. The molecule has 0 heterocycles. The van der Waals surface area contributed by atoms with Gasteiger partial charge in [0, 0.05) is 11.6 Å². The van der Waals surface area contributed by atoms with Gasteiger partial charge in [0.05, 0.1) is 46.1 Å². The predicted molar refractivity (Wildman–Crippen MR) is 133 cm³/mol. The second-order valence-corrected chi connectivity index (χ2v) is 8.96. The molecule has 3 aromatic rings. The van der Waals surface area contributed by atoms with Crippen molar-refractivity contribution in [2.75, 3.05) is 40.3 Å². The molecule has 0 unspecified atom stereocenters. The molecule has 0 saturated heterocycles. The van der Waals surface area contributed by atoms with Crippen molar-refractivity contribution in [2.24, 2.45) is 0 Å². The molecule has 0 saturated carbocycles. The highest BCUT2D eigenvalue weighted by molar-refractivity contribution is 7.92. The largest absolute Gasteiger partial charge is 0.504 e. The number of sulfonamides is 1. The zero-order chi connectivity index (χ0) is 26.5. The van der Waals surface area contributed by atoms with Gasteiger partial charge >= 0.3 is 0 Å². The molecule has 3 aromatic carbocycles. The molecule has 0 aliphatic heterocycles. The van der Waals surface area contributed by atoms with E-state index in [9.17, 15) is 13.5 Å². The van der Waals surface area contributed by atoms with Gasteiger partial charge in [-0.1, -0.05) is 12.2 Å². The quantitative estimate of drug-likeness (QED) is 0.376. The summed E-state index contributed by atoms with van der Waals surface area (Å²) in [6.45, 7) is 0. The van der Waals surface area contributed by atoms with E-state index in [1.165, 1.54) is 65.9 Å². The number of halogens is 1. The summed E-state index contributed by atoms with van der Waals surface area (Å²) in [5.41, 5.74) is 0.492. The lowest BCUT2D eigenvalue weighted by molar-refractivity contribution is 0.324. The summed E-state index contributed by atoms with van der Waals surface area (Å²) >= 11 is 0. The minimum Gasteiger partial charge on any atom is -0.504 e. The Labute approximate surface area is 208 Å². The molecule has 0 amide bonds. The van der Waals surface area contributed by atoms with Crippen LogP contribution >= 0.6 is 0 Å². The zero-order valence-electron chi connectivity index (χ0n) is 20.3. The van der Waals surface area contributed by atoms with Crippen LogP contribution in [0.3, 0.4) is 0 Å². The van der Waals surface area contributed by atoms with E-state index in [0.717, 1.165) is 6.07 Å². The average molecular weight is 520 g/mol. The Balaban J connectivity index is 2.06. The van der Waals surface area contributed by atoms with E-state index in [-0.39, 0.29) is 33.4 Å². The first-order chi connectivity index (χ1) is 17.2. The molecule has 2 N–H and O–H groups in total. The van der Waals surface area contributed by atoms with E-state index in [4.69, 9.17) is 23.7 Å². The topological polar surface area (TPSA) is 113 Å². The number of anilines is 1. The van der Waals surface area contributed by atoms with Gasteiger partial charge in [0.15, 0.2) is 34.6 Å². The van der Waals surface area contributed by atoms with Crippen molar-refractivity contribution in [2.45, 2.75) is 4.90 Å². The predicted octanol–water partition coefficient (Wildman–Crippen LogP) is 4.55. The minimum absolute atomic E-state index is 0.0930. The van der Waals surface area contributed by atoms with Crippen LogP contribution in [0.5, 0.6) is 34.5 Å². The molecule has 3 rings (SSSR count). The van der Waals surface area contributed by atoms with E-state index in [0.29, 0.717) is 22.8 Å². The number of hydrogen-bond donors (Lipinski definition) is 2. The van der Waals surface area contributed by atoms with Crippen LogP contribution in [-0.2, 0) is 10.0 Å². The van der Waals surface area contributed by atoms with E-state index in [1.807, 2.05) is 0 Å². The summed E-state index contributed by atoms with van der Waals surface area (Å²) in [4.78, 5) is -0.289. The van der Waals surface area contributed by atoms with E-state index in [2.05, 4.69) is 4.72 Å². The highest BCUT2D eigenvalue weighted by Gasteiger charge is 2.22. The van der Waals surface area contributed by atoms with Crippen LogP contribution in [0.1, 0.15) is 11.1 Å². The van der Waals surface area contributed by atoms with Gasteiger partial charge in [-0.25, -0.2) is 12.8 Å². The van der Waals surface area contributed by atoms with E-state index < -0.39 is 15.8 Å². The molecule has 192 valence electrons. The zero-order valence-corrected chi connectivity index (χ0v) is 21.1. The van der Waals surface area contributed by atoms with Crippen LogP contribution in [0, 0.1) is 5.82 Å². The maximum atomic E-state index is 15.2. The Hall–Kier alpha value is -4.12. The second kappa shape index (κ2) is 11.1. The molecule has 0 aliphatic carbocycles. The third-order valence-electron chi connectivity index (χ3n) is 5.20. The Bertz CT molecular complexity index is 1360. The summed E-state index contributed by atoms with van der Waals surface area (Å²) in [6, 6.07) is 9.76. The van der Waals surface area contributed by atoms with Gasteiger partial charge < -0.3 is 28.8 Å². The van der Waals surface area contributed by atoms with Crippen molar-refractivity contribution in [1.82, 2.24) is 0 Å². The lowest BCUT2D eigenvalue weighted by Crippen LogP contribution is -2.15. The van der Waals surface area contributed by atoms with Crippen LogP contribution in [0.15, 0.2) is 47.4 Å². The molecule has 0 bridgehead atoms. The summed E-state index contributed by atoms with van der Waals surface area (Å²) < 4.78 is 69.5.